The number of furan rings is 1. The summed E-state index contributed by atoms with van der Waals surface area (Å²) in [5.74, 6) is 0.733. The quantitative estimate of drug-likeness (QED) is 0.301. The van der Waals surface area contributed by atoms with E-state index in [1.165, 1.54) is 17.8 Å². The molecular weight excluding hydrogens is 426 g/mol. The second-order valence-corrected chi connectivity index (χ2v) is 8.72. The Morgan fingerprint density at radius 3 is 2.53 bits per heavy atom. The Morgan fingerprint density at radius 2 is 1.81 bits per heavy atom. The highest BCUT2D eigenvalue weighted by Gasteiger charge is 2.25. The third kappa shape index (κ3) is 4.36. The molecule has 4 rings (SSSR count). The highest BCUT2D eigenvalue weighted by molar-refractivity contribution is 8.18. The van der Waals surface area contributed by atoms with Crippen LogP contribution in [0.15, 0.2) is 56.8 Å². The van der Waals surface area contributed by atoms with E-state index in [2.05, 4.69) is 10.3 Å². The molecule has 0 unspecified atom stereocenters. The van der Waals surface area contributed by atoms with Gasteiger partial charge in [0.1, 0.15) is 11.5 Å². The highest BCUT2D eigenvalue weighted by Crippen LogP contribution is 2.34. The number of nitro benzene ring substituents is 1. The molecule has 0 bridgehead atoms. The molecule has 1 amide bonds. The van der Waals surface area contributed by atoms with Crippen LogP contribution in [0.3, 0.4) is 0 Å². The molecule has 3 aromatic rings. The Balaban J connectivity index is 1.60. The lowest BCUT2D eigenvalue weighted by Crippen LogP contribution is -2.19. The molecular formula is C24H21N3O4S. The maximum Gasteiger partial charge on any atom is 0.273 e. The molecule has 1 aromatic heterocycles. The van der Waals surface area contributed by atoms with Gasteiger partial charge in [-0.1, -0.05) is 17.7 Å². The average molecular weight is 448 g/mol. The molecule has 8 heteroatoms. The molecule has 7 nitrogen and oxygen atoms in total. The number of thioether (sulfide) groups is 1. The lowest BCUT2D eigenvalue weighted by molar-refractivity contribution is -0.385. The molecule has 2 aromatic carbocycles. The minimum Gasteiger partial charge on any atom is -0.457 e. The van der Waals surface area contributed by atoms with Crippen molar-refractivity contribution in [2.24, 2.45) is 4.99 Å². The number of carbonyl (C=O) groups is 1. The third-order valence-corrected chi connectivity index (χ3v) is 6.04. The van der Waals surface area contributed by atoms with Crippen molar-refractivity contribution in [3.8, 4) is 11.3 Å². The SMILES string of the molecule is Cc1ccc(N=C2NC(=O)/C(=C/c3ccc(-c4cc([N+](=O)[O-])c(C)cc4C)o3)S2)c(C)c1. The van der Waals surface area contributed by atoms with Gasteiger partial charge in [-0.3, -0.25) is 14.9 Å². The van der Waals surface area contributed by atoms with Gasteiger partial charge in [-0.25, -0.2) is 4.99 Å². The summed E-state index contributed by atoms with van der Waals surface area (Å²) in [5, 5.41) is 14.6. The normalized spacial score (nSPS) is 16.1. The van der Waals surface area contributed by atoms with E-state index in [1.54, 1.807) is 31.2 Å². The van der Waals surface area contributed by atoms with Crippen LogP contribution in [0.25, 0.3) is 17.4 Å². The van der Waals surface area contributed by atoms with E-state index >= 15 is 0 Å². The largest absolute Gasteiger partial charge is 0.457 e. The molecule has 0 aliphatic carbocycles. The van der Waals surface area contributed by atoms with Crippen molar-refractivity contribution in [1.29, 1.82) is 0 Å². The Kier molecular flexibility index (Phi) is 5.71. The summed E-state index contributed by atoms with van der Waals surface area (Å²) in [6.07, 6.45) is 1.64. The lowest BCUT2D eigenvalue weighted by Gasteiger charge is -2.05. The van der Waals surface area contributed by atoms with Gasteiger partial charge >= 0.3 is 0 Å². The van der Waals surface area contributed by atoms with E-state index in [9.17, 15) is 14.9 Å². The number of aliphatic imine (C=N–C) groups is 1. The third-order valence-electron chi connectivity index (χ3n) is 5.13. The number of carbonyl (C=O) groups excluding carboxylic acids is 1. The fraction of sp³-hybridized carbons (Fsp3) is 0.167. The van der Waals surface area contributed by atoms with Crippen LogP contribution < -0.4 is 5.32 Å². The number of amides is 1. The van der Waals surface area contributed by atoms with Crippen LogP contribution in [-0.2, 0) is 4.79 Å². The zero-order valence-corrected chi connectivity index (χ0v) is 18.9. The second kappa shape index (κ2) is 8.47. The van der Waals surface area contributed by atoms with Gasteiger partial charge in [0.15, 0.2) is 5.17 Å². The van der Waals surface area contributed by atoms with Crippen LogP contribution in [0.5, 0.6) is 0 Å². The van der Waals surface area contributed by atoms with Gasteiger partial charge in [-0.2, -0.15) is 0 Å². The summed E-state index contributed by atoms with van der Waals surface area (Å²) in [6.45, 7) is 7.58. The first-order valence-electron chi connectivity index (χ1n) is 9.94. The smallest absolute Gasteiger partial charge is 0.273 e. The zero-order chi connectivity index (χ0) is 23.0. The molecule has 1 N–H and O–H groups in total. The van der Waals surface area contributed by atoms with Gasteiger partial charge in [0.25, 0.3) is 11.6 Å². The summed E-state index contributed by atoms with van der Waals surface area (Å²) in [4.78, 5) is 28.3. The van der Waals surface area contributed by atoms with Gasteiger partial charge in [-0.15, -0.1) is 0 Å². The molecule has 1 saturated heterocycles. The predicted molar refractivity (Wildman–Crippen MR) is 127 cm³/mol. The summed E-state index contributed by atoms with van der Waals surface area (Å²) in [7, 11) is 0. The molecule has 162 valence electrons. The first-order valence-corrected chi connectivity index (χ1v) is 10.8. The standard InChI is InChI=1S/C24H21N3O4S/c1-13-5-7-19(15(3)9-13)25-24-26-23(28)22(32-24)11-17-6-8-21(31-17)18-12-20(27(29)30)16(4)10-14(18)2/h5-12H,1-4H3,(H,25,26,28)/b22-11-. The number of nitro groups is 1. The summed E-state index contributed by atoms with van der Waals surface area (Å²) >= 11 is 1.24. The van der Waals surface area contributed by atoms with Crippen molar-refractivity contribution >= 4 is 40.3 Å². The second-order valence-electron chi connectivity index (χ2n) is 7.68. The number of hydrogen-bond donors (Lipinski definition) is 1. The molecule has 0 radical (unpaired) electrons. The maximum atomic E-state index is 12.4. The highest BCUT2D eigenvalue weighted by atomic mass is 32.2. The van der Waals surface area contributed by atoms with Crippen LogP contribution in [0.4, 0.5) is 11.4 Å². The Morgan fingerprint density at radius 1 is 1.03 bits per heavy atom. The van der Waals surface area contributed by atoms with Crippen molar-refractivity contribution in [1.82, 2.24) is 5.32 Å². The minimum atomic E-state index is -0.403. The zero-order valence-electron chi connectivity index (χ0n) is 18.1. The summed E-state index contributed by atoms with van der Waals surface area (Å²) in [5.41, 5.74) is 5.14. The van der Waals surface area contributed by atoms with Crippen molar-refractivity contribution in [3.63, 3.8) is 0 Å². The van der Waals surface area contributed by atoms with E-state index < -0.39 is 4.92 Å². The molecule has 1 aliphatic heterocycles. The number of hydrogen-bond acceptors (Lipinski definition) is 6. The molecule has 0 spiro atoms. The van der Waals surface area contributed by atoms with E-state index in [4.69, 9.17) is 4.42 Å². The van der Waals surface area contributed by atoms with Crippen molar-refractivity contribution in [2.45, 2.75) is 27.7 Å². The average Bonchev–Trinajstić information content (AvgIpc) is 3.31. The van der Waals surface area contributed by atoms with Gasteiger partial charge in [-0.05, 0) is 74.8 Å². The molecule has 32 heavy (non-hydrogen) atoms. The first-order chi connectivity index (χ1) is 15.2. The monoisotopic (exact) mass is 447 g/mol. The van der Waals surface area contributed by atoms with E-state index in [1.807, 2.05) is 39.0 Å². The van der Waals surface area contributed by atoms with Gasteiger partial charge in [0.05, 0.1) is 15.5 Å². The Labute approximate surface area is 189 Å². The number of nitrogens with zero attached hydrogens (tertiary/aromatic N) is 2. The topological polar surface area (TPSA) is 97.7 Å². The number of rotatable bonds is 4. The van der Waals surface area contributed by atoms with Crippen LogP contribution in [0, 0.1) is 37.8 Å². The van der Waals surface area contributed by atoms with E-state index in [-0.39, 0.29) is 11.6 Å². The number of amidine groups is 1. The molecule has 2 heterocycles. The van der Waals surface area contributed by atoms with Crippen molar-refractivity contribution in [2.75, 3.05) is 0 Å². The van der Waals surface area contributed by atoms with Gasteiger partial charge in [0, 0.05) is 23.3 Å². The van der Waals surface area contributed by atoms with Gasteiger partial charge in [0.2, 0.25) is 0 Å². The van der Waals surface area contributed by atoms with Crippen molar-refractivity contribution in [3.05, 3.63) is 85.5 Å². The Hall–Kier alpha value is -3.65. The van der Waals surface area contributed by atoms with Crippen molar-refractivity contribution < 1.29 is 14.1 Å². The first kappa shape index (κ1) is 21.6. The van der Waals surface area contributed by atoms with Crippen LogP contribution in [0.2, 0.25) is 0 Å². The number of nitrogens with one attached hydrogen (secondary N) is 1. The lowest BCUT2D eigenvalue weighted by atomic mass is 10.0. The Bertz CT molecular complexity index is 1320. The fourth-order valence-electron chi connectivity index (χ4n) is 3.53. The minimum absolute atomic E-state index is 0.0416. The van der Waals surface area contributed by atoms with Gasteiger partial charge < -0.3 is 9.73 Å². The maximum absolute atomic E-state index is 12.4. The predicted octanol–water partition coefficient (Wildman–Crippen LogP) is 5.98. The molecule has 1 fully saturated rings. The van der Waals surface area contributed by atoms with E-state index in [0.717, 1.165) is 22.4 Å². The fourth-order valence-corrected chi connectivity index (χ4v) is 4.34. The molecule has 1 aliphatic rings. The van der Waals surface area contributed by atoms with Crippen LogP contribution in [-0.4, -0.2) is 16.0 Å². The molecule has 0 saturated carbocycles. The number of aryl methyl sites for hydroxylation is 4. The van der Waals surface area contributed by atoms with E-state index in [0.29, 0.717) is 32.7 Å². The summed E-state index contributed by atoms with van der Waals surface area (Å²) < 4.78 is 5.89. The number of benzene rings is 2. The molecule has 0 atom stereocenters. The summed E-state index contributed by atoms with van der Waals surface area (Å²) in [6, 6.07) is 12.7. The van der Waals surface area contributed by atoms with Crippen LogP contribution >= 0.6 is 11.8 Å². The van der Waals surface area contributed by atoms with Crippen LogP contribution in [0.1, 0.15) is 28.0 Å².